The topological polar surface area (TPSA) is 55.0 Å². The van der Waals surface area contributed by atoms with E-state index in [4.69, 9.17) is 5.73 Å². The van der Waals surface area contributed by atoms with Crippen LogP contribution in [-0.2, 0) is 0 Å². The number of nitrogen functional groups attached to an aromatic ring is 1. The van der Waals surface area contributed by atoms with E-state index in [-0.39, 0.29) is 0 Å². The lowest BCUT2D eigenvalue weighted by Crippen LogP contribution is -2.42. The molecular formula is C15H20N4S. The van der Waals surface area contributed by atoms with E-state index in [2.05, 4.69) is 26.3 Å². The second-order valence-electron chi connectivity index (χ2n) is 6.08. The van der Waals surface area contributed by atoms with E-state index >= 15 is 0 Å². The van der Waals surface area contributed by atoms with Crippen LogP contribution in [0.1, 0.15) is 32.1 Å². The third kappa shape index (κ3) is 2.04. The van der Waals surface area contributed by atoms with Crippen LogP contribution in [0.2, 0.25) is 0 Å². The van der Waals surface area contributed by atoms with Gasteiger partial charge < -0.3 is 10.6 Å². The molecule has 0 amide bonds. The van der Waals surface area contributed by atoms with Gasteiger partial charge in [-0.3, -0.25) is 0 Å². The molecule has 2 aromatic heterocycles. The standard InChI is InChI=1S/C15H20N4S/c16-15-17-13(12-6-8-20-14(12)18-15)19-7-5-10-3-1-2-4-11(10)9-19/h6,8,10-11H,1-5,7,9H2,(H2,16,17,18). The fourth-order valence-electron chi connectivity index (χ4n) is 3.89. The zero-order valence-electron chi connectivity index (χ0n) is 11.6. The largest absolute Gasteiger partial charge is 0.368 e. The molecule has 2 N–H and O–H groups in total. The molecule has 1 aliphatic carbocycles. The van der Waals surface area contributed by atoms with Gasteiger partial charge in [-0.05, 0) is 36.1 Å². The molecule has 20 heavy (non-hydrogen) atoms. The van der Waals surface area contributed by atoms with Gasteiger partial charge in [0, 0.05) is 13.1 Å². The Balaban J connectivity index is 1.67. The molecular weight excluding hydrogens is 268 g/mol. The molecule has 3 heterocycles. The monoisotopic (exact) mass is 288 g/mol. The number of thiophene rings is 1. The van der Waals surface area contributed by atoms with Crippen molar-refractivity contribution in [3.63, 3.8) is 0 Å². The van der Waals surface area contributed by atoms with Crippen LogP contribution in [0.3, 0.4) is 0 Å². The third-order valence-corrected chi connectivity index (χ3v) is 5.72. The van der Waals surface area contributed by atoms with E-state index in [0.29, 0.717) is 5.95 Å². The average Bonchev–Trinajstić information content (AvgIpc) is 2.94. The van der Waals surface area contributed by atoms with Gasteiger partial charge in [0.05, 0.1) is 5.39 Å². The molecule has 2 aliphatic rings. The highest BCUT2D eigenvalue weighted by Crippen LogP contribution is 2.39. The summed E-state index contributed by atoms with van der Waals surface area (Å²) >= 11 is 1.64. The molecule has 1 aliphatic heterocycles. The van der Waals surface area contributed by atoms with Crippen LogP contribution in [-0.4, -0.2) is 23.1 Å². The Morgan fingerprint density at radius 3 is 2.90 bits per heavy atom. The van der Waals surface area contributed by atoms with Gasteiger partial charge in [0.25, 0.3) is 0 Å². The van der Waals surface area contributed by atoms with Crippen molar-refractivity contribution in [1.29, 1.82) is 0 Å². The van der Waals surface area contributed by atoms with Gasteiger partial charge in [0.2, 0.25) is 5.95 Å². The summed E-state index contributed by atoms with van der Waals surface area (Å²) in [6, 6.07) is 2.13. The van der Waals surface area contributed by atoms with Crippen molar-refractivity contribution < 1.29 is 0 Å². The minimum Gasteiger partial charge on any atom is -0.368 e. The van der Waals surface area contributed by atoms with E-state index in [0.717, 1.165) is 35.6 Å². The number of nitrogens with zero attached hydrogens (tertiary/aromatic N) is 3. The molecule has 2 atom stereocenters. The fourth-order valence-corrected chi connectivity index (χ4v) is 4.66. The summed E-state index contributed by atoms with van der Waals surface area (Å²) in [5.41, 5.74) is 5.88. The predicted molar refractivity (Wildman–Crippen MR) is 84.1 cm³/mol. The zero-order valence-corrected chi connectivity index (χ0v) is 12.4. The number of hydrogen-bond donors (Lipinski definition) is 1. The van der Waals surface area contributed by atoms with Crippen molar-refractivity contribution in [3.8, 4) is 0 Å². The summed E-state index contributed by atoms with van der Waals surface area (Å²) in [6.45, 7) is 2.26. The Kier molecular flexibility index (Phi) is 3.02. The van der Waals surface area contributed by atoms with Crippen molar-refractivity contribution in [2.24, 2.45) is 11.8 Å². The fraction of sp³-hybridized carbons (Fsp3) is 0.600. The summed E-state index contributed by atoms with van der Waals surface area (Å²) in [5, 5.41) is 3.24. The van der Waals surface area contributed by atoms with Crippen molar-refractivity contribution in [2.45, 2.75) is 32.1 Å². The van der Waals surface area contributed by atoms with Crippen LogP contribution in [0.25, 0.3) is 10.2 Å². The molecule has 4 rings (SSSR count). The number of anilines is 2. The minimum absolute atomic E-state index is 0.403. The molecule has 2 aromatic rings. The van der Waals surface area contributed by atoms with E-state index in [1.54, 1.807) is 11.3 Å². The summed E-state index contributed by atoms with van der Waals surface area (Å²) in [4.78, 5) is 12.3. The third-order valence-electron chi connectivity index (χ3n) is 4.91. The second-order valence-corrected chi connectivity index (χ2v) is 6.98. The Morgan fingerprint density at radius 1 is 1.15 bits per heavy atom. The van der Waals surface area contributed by atoms with Gasteiger partial charge in [-0.15, -0.1) is 11.3 Å². The lowest BCUT2D eigenvalue weighted by atomic mass is 9.75. The maximum absolute atomic E-state index is 5.88. The first-order chi connectivity index (χ1) is 9.81. The van der Waals surface area contributed by atoms with Gasteiger partial charge in [0.1, 0.15) is 10.6 Å². The molecule has 0 bridgehead atoms. The summed E-state index contributed by atoms with van der Waals surface area (Å²) in [7, 11) is 0. The molecule has 0 aromatic carbocycles. The normalized spacial score (nSPS) is 26.7. The summed E-state index contributed by atoms with van der Waals surface area (Å²) in [6.07, 6.45) is 6.94. The number of aromatic nitrogens is 2. The molecule has 4 nitrogen and oxygen atoms in total. The van der Waals surface area contributed by atoms with Crippen LogP contribution in [0.4, 0.5) is 11.8 Å². The highest BCUT2D eigenvalue weighted by molar-refractivity contribution is 7.16. The lowest BCUT2D eigenvalue weighted by Gasteiger charge is -2.42. The van der Waals surface area contributed by atoms with E-state index in [1.807, 2.05) is 0 Å². The smallest absolute Gasteiger partial charge is 0.223 e. The molecule has 2 unspecified atom stereocenters. The maximum Gasteiger partial charge on any atom is 0.223 e. The Labute approximate surface area is 123 Å². The quantitative estimate of drug-likeness (QED) is 0.875. The summed E-state index contributed by atoms with van der Waals surface area (Å²) < 4.78 is 0. The molecule has 5 heteroatoms. The van der Waals surface area contributed by atoms with Crippen LogP contribution in [0.15, 0.2) is 11.4 Å². The Morgan fingerprint density at radius 2 is 2.00 bits per heavy atom. The van der Waals surface area contributed by atoms with Gasteiger partial charge >= 0.3 is 0 Å². The Bertz CT molecular complexity index is 623. The maximum atomic E-state index is 5.88. The molecule has 2 fully saturated rings. The van der Waals surface area contributed by atoms with E-state index in [9.17, 15) is 0 Å². The van der Waals surface area contributed by atoms with Crippen LogP contribution < -0.4 is 10.6 Å². The van der Waals surface area contributed by atoms with Crippen molar-refractivity contribution >= 4 is 33.3 Å². The molecule has 0 spiro atoms. The van der Waals surface area contributed by atoms with Crippen molar-refractivity contribution in [3.05, 3.63) is 11.4 Å². The highest BCUT2D eigenvalue weighted by atomic mass is 32.1. The first-order valence-corrected chi connectivity index (χ1v) is 8.45. The molecule has 0 radical (unpaired) electrons. The van der Waals surface area contributed by atoms with Crippen LogP contribution >= 0.6 is 11.3 Å². The number of piperidine rings is 1. The van der Waals surface area contributed by atoms with Crippen molar-refractivity contribution in [1.82, 2.24) is 9.97 Å². The number of hydrogen-bond acceptors (Lipinski definition) is 5. The highest BCUT2D eigenvalue weighted by Gasteiger charge is 2.32. The van der Waals surface area contributed by atoms with E-state index in [1.165, 1.54) is 37.5 Å². The van der Waals surface area contributed by atoms with Crippen molar-refractivity contribution in [2.75, 3.05) is 23.7 Å². The number of fused-ring (bicyclic) bond motifs is 2. The average molecular weight is 288 g/mol. The molecule has 1 saturated heterocycles. The van der Waals surface area contributed by atoms with Gasteiger partial charge in [-0.25, -0.2) is 4.98 Å². The number of rotatable bonds is 1. The zero-order chi connectivity index (χ0) is 13.5. The second kappa shape index (κ2) is 4.88. The summed E-state index contributed by atoms with van der Waals surface area (Å²) in [5.74, 6) is 3.25. The number of nitrogens with two attached hydrogens (primary N) is 1. The van der Waals surface area contributed by atoms with Gasteiger partial charge in [0.15, 0.2) is 0 Å². The molecule has 106 valence electrons. The van der Waals surface area contributed by atoms with Gasteiger partial charge in [-0.2, -0.15) is 4.98 Å². The minimum atomic E-state index is 0.403. The first kappa shape index (κ1) is 12.4. The van der Waals surface area contributed by atoms with Crippen LogP contribution in [0, 0.1) is 11.8 Å². The lowest BCUT2D eigenvalue weighted by molar-refractivity contribution is 0.202. The van der Waals surface area contributed by atoms with Gasteiger partial charge in [-0.1, -0.05) is 19.3 Å². The first-order valence-electron chi connectivity index (χ1n) is 7.57. The Hall–Kier alpha value is -1.36. The van der Waals surface area contributed by atoms with E-state index < -0.39 is 0 Å². The molecule has 1 saturated carbocycles. The SMILES string of the molecule is Nc1nc(N2CCC3CCCCC3C2)c2ccsc2n1. The predicted octanol–water partition coefficient (Wildman–Crippen LogP) is 3.29. The van der Waals surface area contributed by atoms with Crippen LogP contribution in [0.5, 0.6) is 0 Å².